The third kappa shape index (κ3) is 5.43. The molecule has 0 fully saturated rings. The first-order valence-corrected chi connectivity index (χ1v) is 23.7. The number of aromatic nitrogens is 4. The Morgan fingerprint density at radius 3 is 0.882 bits per heavy atom. The van der Waals surface area contributed by atoms with Crippen LogP contribution in [0.25, 0.3) is 121 Å². The molecule has 4 heteroatoms. The van der Waals surface area contributed by atoms with Crippen molar-refractivity contribution in [3.8, 4) is 33.9 Å². The molecule has 14 aromatic rings. The van der Waals surface area contributed by atoms with Gasteiger partial charge in [-0.2, -0.15) is 0 Å². The Labute approximate surface area is 393 Å². The van der Waals surface area contributed by atoms with E-state index in [-0.39, 0.29) is 0 Å². The molecule has 0 radical (unpaired) electrons. The van der Waals surface area contributed by atoms with E-state index in [4.69, 9.17) is 0 Å². The summed E-state index contributed by atoms with van der Waals surface area (Å²) in [5.41, 5.74) is 21.3. The zero-order chi connectivity index (χ0) is 45.4. The lowest BCUT2D eigenvalue weighted by atomic mass is 9.95. The molecule has 0 N–H and O–H groups in total. The van der Waals surface area contributed by atoms with Gasteiger partial charge in [-0.05, 0) is 125 Å². The molecule has 0 saturated carbocycles. The third-order valence-electron chi connectivity index (χ3n) is 14.5. The molecule has 4 nitrogen and oxygen atoms in total. The van der Waals surface area contributed by atoms with Crippen LogP contribution in [-0.4, -0.2) is 18.3 Å². The average Bonchev–Trinajstić information content (AvgIpc) is 4.08. The summed E-state index contributed by atoms with van der Waals surface area (Å²) in [4.78, 5) is 0. The number of aryl methyl sites for hydroxylation is 4. The zero-order valence-electron chi connectivity index (χ0n) is 38.4. The highest BCUT2D eigenvalue weighted by Gasteiger charge is 2.28. The predicted octanol–water partition coefficient (Wildman–Crippen LogP) is 17.0. The SMILES string of the molecule is Cc1ccc2c(c1)c1cc(C)ccc1n2-c1c(-c2ccc3c(c2-n2c4ccc(C)cc4c4cc(C)ccc42)c2ccccc2n3-c2ccccc2)ccc2c1c1ccccc1n2-c1ccccc1. The van der Waals surface area contributed by atoms with Crippen LogP contribution in [-0.2, 0) is 0 Å². The number of hydrogen-bond acceptors (Lipinski definition) is 0. The van der Waals surface area contributed by atoms with Crippen molar-refractivity contribution < 1.29 is 0 Å². The lowest BCUT2D eigenvalue weighted by Gasteiger charge is -2.21. The fourth-order valence-electron chi connectivity index (χ4n) is 11.7. The molecule has 0 aliphatic rings. The van der Waals surface area contributed by atoms with Gasteiger partial charge in [0.1, 0.15) is 0 Å². The lowest BCUT2D eigenvalue weighted by molar-refractivity contribution is 1.16. The molecule has 322 valence electrons. The van der Waals surface area contributed by atoms with E-state index in [1.165, 1.54) is 110 Å². The van der Waals surface area contributed by atoms with Crippen molar-refractivity contribution in [1.29, 1.82) is 0 Å². The van der Waals surface area contributed by atoms with Gasteiger partial charge in [-0.1, -0.05) is 131 Å². The number of nitrogens with zero attached hydrogens (tertiary/aromatic N) is 4. The minimum absolute atomic E-state index is 1.14. The van der Waals surface area contributed by atoms with E-state index in [1.807, 2.05) is 0 Å². The summed E-state index contributed by atoms with van der Waals surface area (Å²) < 4.78 is 10.1. The van der Waals surface area contributed by atoms with Crippen LogP contribution in [0.4, 0.5) is 0 Å². The van der Waals surface area contributed by atoms with E-state index >= 15 is 0 Å². The first kappa shape index (κ1) is 38.6. The van der Waals surface area contributed by atoms with Gasteiger partial charge < -0.3 is 18.3 Å². The molecule has 0 aliphatic heterocycles. The van der Waals surface area contributed by atoms with Crippen molar-refractivity contribution in [2.45, 2.75) is 27.7 Å². The molecule has 0 unspecified atom stereocenters. The summed E-state index contributed by atoms with van der Waals surface area (Å²) in [6.45, 7) is 8.83. The number of fused-ring (bicyclic) bond motifs is 12. The van der Waals surface area contributed by atoms with Crippen molar-refractivity contribution >= 4 is 87.2 Å². The topological polar surface area (TPSA) is 19.7 Å². The van der Waals surface area contributed by atoms with Gasteiger partial charge in [0.2, 0.25) is 0 Å². The van der Waals surface area contributed by atoms with Crippen LogP contribution in [0.15, 0.2) is 206 Å². The molecule has 14 rings (SSSR count). The van der Waals surface area contributed by atoms with E-state index in [9.17, 15) is 0 Å². The molecule has 0 bridgehead atoms. The third-order valence-corrected chi connectivity index (χ3v) is 14.5. The summed E-state index contributed by atoms with van der Waals surface area (Å²) >= 11 is 0. The Bertz CT molecular complexity index is 4000. The fourth-order valence-corrected chi connectivity index (χ4v) is 11.7. The Balaban J connectivity index is 1.24. The Hall–Kier alpha value is -8.60. The maximum Gasteiger partial charge on any atom is 0.0641 e. The second kappa shape index (κ2) is 14.4. The van der Waals surface area contributed by atoms with Crippen molar-refractivity contribution in [2.24, 2.45) is 0 Å². The normalized spacial score (nSPS) is 12.1. The summed E-state index contributed by atoms with van der Waals surface area (Å²) in [5.74, 6) is 0. The van der Waals surface area contributed by atoms with Gasteiger partial charge in [0.15, 0.2) is 0 Å². The van der Waals surface area contributed by atoms with E-state index in [0.29, 0.717) is 0 Å². The molecule has 0 atom stereocenters. The summed E-state index contributed by atoms with van der Waals surface area (Å²) in [7, 11) is 0. The van der Waals surface area contributed by atoms with Crippen molar-refractivity contribution in [3.05, 3.63) is 229 Å². The smallest absolute Gasteiger partial charge is 0.0641 e. The van der Waals surface area contributed by atoms with Gasteiger partial charge in [-0.3, -0.25) is 0 Å². The van der Waals surface area contributed by atoms with Crippen LogP contribution in [0.1, 0.15) is 22.3 Å². The molecule has 68 heavy (non-hydrogen) atoms. The van der Waals surface area contributed by atoms with Crippen molar-refractivity contribution in [3.63, 3.8) is 0 Å². The second-order valence-electron chi connectivity index (χ2n) is 18.8. The number of para-hydroxylation sites is 4. The minimum atomic E-state index is 1.14. The molecule has 10 aromatic carbocycles. The molecule has 0 aliphatic carbocycles. The first-order chi connectivity index (χ1) is 33.4. The Morgan fingerprint density at radius 1 is 0.235 bits per heavy atom. The monoisotopic (exact) mass is 870 g/mol. The minimum Gasteiger partial charge on any atom is -0.309 e. The fraction of sp³-hybridized carbons (Fsp3) is 0.0625. The average molecular weight is 871 g/mol. The van der Waals surface area contributed by atoms with Crippen LogP contribution in [0.3, 0.4) is 0 Å². The summed E-state index contributed by atoms with van der Waals surface area (Å²) in [6, 6.07) is 77.2. The summed E-state index contributed by atoms with van der Waals surface area (Å²) in [6.07, 6.45) is 0. The van der Waals surface area contributed by atoms with E-state index in [2.05, 4.69) is 252 Å². The standard InChI is InChI=1S/C64H46N4/c1-39-23-29-55-49(35-39)50-36-40(2)24-30-56(50)67(55)63-45(27-33-59-61(63)47-19-11-13-21-53(47)65(59)43-15-7-5-8-16-43)46-28-34-60-62(48-20-12-14-22-54(48)66(60)44-17-9-6-10-18-44)64(46)68-57-31-25-41(3)37-51(57)52-38-42(4)26-32-58(52)68/h5-38H,1-4H3. The van der Waals surface area contributed by atoms with Crippen LogP contribution in [0, 0.1) is 27.7 Å². The van der Waals surface area contributed by atoms with Crippen LogP contribution in [0.5, 0.6) is 0 Å². The Kier molecular flexibility index (Phi) is 8.21. The highest BCUT2D eigenvalue weighted by atomic mass is 15.0. The van der Waals surface area contributed by atoms with Crippen molar-refractivity contribution in [2.75, 3.05) is 0 Å². The van der Waals surface area contributed by atoms with E-state index in [1.54, 1.807) is 0 Å². The van der Waals surface area contributed by atoms with Crippen LogP contribution in [0.2, 0.25) is 0 Å². The molecule has 0 spiro atoms. The molecule has 4 heterocycles. The van der Waals surface area contributed by atoms with Gasteiger partial charge in [-0.25, -0.2) is 0 Å². The van der Waals surface area contributed by atoms with Crippen LogP contribution >= 0.6 is 0 Å². The van der Waals surface area contributed by atoms with Gasteiger partial charge in [0.25, 0.3) is 0 Å². The quantitative estimate of drug-likeness (QED) is 0.164. The molecule has 0 saturated heterocycles. The van der Waals surface area contributed by atoms with E-state index < -0.39 is 0 Å². The number of hydrogen-bond donors (Lipinski definition) is 0. The van der Waals surface area contributed by atoms with Gasteiger partial charge in [0, 0.05) is 65.6 Å². The second-order valence-corrected chi connectivity index (χ2v) is 18.8. The lowest BCUT2D eigenvalue weighted by Crippen LogP contribution is -2.04. The zero-order valence-corrected chi connectivity index (χ0v) is 38.4. The summed E-state index contributed by atoms with van der Waals surface area (Å²) in [5, 5.41) is 9.89. The largest absolute Gasteiger partial charge is 0.309 e. The molecular weight excluding hydrogens is 825 g/mol. The van der Waals surface area contributed by atoms with Gasteiger partial charge >= 0.3 is 0 Å². The highest BCUT2D eigenvalue weighted by molar-refractivity contribution is 6.22. The predicted molar refractivity (Wildman–Crippen MR) is 288 cm³/mol. The molecule has 0 amide bonds. The van der Waals surface area contributed by atoms with Gasteiger partial charge in [-0.15, -0.1) is 0 Å². The maximum atomic E-state index is 2.59. The first-order valence-electron chi connectivity index (χ1n) is 23.7. The van der Waals surface area contributed by atoms with Crippen LogP contribution < -0.4 is 0 Å². The molecular formula is C64H46N4. The van der Waals surface area contributed by atoms with E-state index in [0.717, 1.165) is 33.5 Å². The Morgan fingerprint density at radius 2 is 0.529 bits per heavy atom. The van der Waals surface area contributed by atoms with Gasteiger partial charge in [0.05, 0.1) is 55.5 Å². The number of benzene rings is 10. The van der Waals surface area contributed by atoms with Crippen molar-refractivity contribution in [1.82, 2.24) is 18.3 Å². The molecule has 4 aromatic heterocycles. The highest BCUT2D eigenvalue weighted by Crippen LogP contribution is 2.49. The maximum absolute atomic E-state index is 2.59. The number of rotatable bonds is 5.